The van der Waals surface area contributed by atoms with Crippen LogP contribution in [0.3, 0.4) is 0 Å². The Morgan fingerprint density at radius 1 is 1.10 bits per heavy atom. The summed E-state index contributed by atoms with van der Waals surface area (Å²) in [6, 6.07) is 13.8. The predicted molar refractivity (Wildman–Crippen MR) is 84.1 cm³/mol. The van der Waals surface area contributed by atoms with Gasteiger partial charge in [0, 0.05) is 11.6 Å². The van der Waals surface area contributed by atoms with Gasteiger partial charge in [-0.3, -0.25) is 0 Å². The van der Waals surface area contributed by atoms with E-state index in [1.54, 1.807) is 7.11 Å². The van der Waals surface area contributed by atoms with Crippen LogP contribution in [0.25, 0.3) is 0 Å². The van der Waals surface area contributed by atoms with E-state index in [9.17, 15) is 0 Å². The molecular formula is C16H18BrNO2. The van der Waals surface area contributed by atoms with Gasteiger partial charge >= 0.3 is 0 Å². The van der Waals surface area contributed by atoms with Crippen LogP contribution in [0.5, 0.6) is 11.5 Å². The smallest absolute Gasteiger partial charge is 0.128 e. The average molecular weight is 336 g/mol. The third-order valence-electron chi connectivity index (χ3n) is 2.88. The summed E-state index contributed by atoms with van der Waals surface area (Å²) in [7, 11) is 1.68. The molecule has 0 atom stereocenters. The highest BCUT2D eigenvalue weighted by atomic mass is 79.9. The van der Waals surface area contributed by atoms with Crippen molar-refractivity contribution in [2.24, 2.45) is 5.73 Å². The van der Waals surface area contributed by atoms with Crippen LogP contribution in [0.1, 0.15) is 11.1 Å². The Morgan fingerprint density at radius 2 is 1.90 bits per heavy atom. The molecule has 0 aromatic heterocycles. The Bertz CT molecular complexity index is 572. The molecule has 0 unspecified atom stereocenters. The molecule has 2 aromatic carbocycles. The van der Waals surface area contributed by atoms with Gasteiger partial charge in [-0.1, -0.05) is 34.1 Å². The fraction of sp³-hybridized carbons (Fsp3) is 0.250. The van der Waals surface area contributed by atoms with E-state index in [2.05, 4.69) is 15.9 Å². The second kappa shape index (κ2) is 7.43. The molecule has 0 saturated carbocycles. The van der Waals surface area contributed by atoms with E-state index in [0.717, 1.165) is 28.0 Å². The lowest BCUT2D eigenvalue weighted by atomic mass is 10.1. The van der Waals surface area contributed by atoms with Crippen LogP contribution >= 0.6 is 15.9 Å². The van der Waals surface area contributed by atoms with E-state index >= 15 is 0 Å². The summed E-state index contributed by atoms with van der Waals surface area (Å²) in [6.45, 7) is 1.22. The highest BCUT2D eigenvalue weighted by Crippen LogP contribution is 2.27. The zero-order valence-corrected chi connectivity index (χ0v) is 13.0. The van der Waals surface area contributed by atoms with Gasteiger partial charge in [-0.05, 0) is 48.4 Å². The highest BCUT2D eigenvalue weighted by molar-refractivity contribution is 9.10. The van der Waals surface area contributed by atoms with Gasteiger partial charge in [-0.15, -0.1) is 0 Å². The first-order valence-corrected chi connectivity index (χ1v) is 7.26. The maximum atomic E-state index is 5.86. The molecule has 20 heavy (non-hydrogen) atoms. The van der Waals surface area contributed by atoms with Gasteiger partial charge in [0.1, 0.15) is 11.5 Å². The molecule has 0 aliphatic rings. The molecule has 0 bridgehead atoms. The van der Waals surface area contributed by atoms with Crippen molar-refractivity contribution in [2.75, 3.05) is 13.7 Å². The number of halogens is 1. The van der Waals surface area contributed by atoms with Crippen molar-refractivity contribution >= 4 is 15.9 Å². The third-order valence-corrected chi connectivity index (χ3v) is 3.62. The van der Waals surface area contributed by atoms with Gasteiger partial charge in [-0.25, -0.2) is 0 Å². The van der Waals surface area contributed by atoms with Crippen LogP contribution in [0.2, 0.25) is 0 Å². The minimum Gasteiger partial charge on any atom is -0.457 e. The Morgan fingerprint density at radius 3 is 2.60 bits per heavy atom. The van der Waals surface area contributed by atoms with Crippen molar-refractivity contribution in [2.45, 2.75) is 13.0 Å². The number of ether oxygens (including phenoxy) is 2. The molecule has 2 rings (SSSR count). The second-order valence-electron chi connectivity index (χ2n) is 4.47. The number of methoxy groups -OCH3 is 1. The van der Waals surface area contributed by atoms with Crippen molar-refractivity contribution in [3.63, 3.8) is 0 Å². The first kappa shape index (κ1) is 15.0. The molecule has 0 radical (unpaired) electrons. The van der Waals surface area contributed by atoms with Crippen LogP contribution < -0.4 is 10.5 Å². The van der Waals surface area contributed by atoms with Crippen LogP contribution in [-0.4, -0.2) is 13.7 Å². The van der Waals surface area contributed by atoms with Crippen molar-refractivity contribution in [1.82, 2.24) is 0 Å². The van der Waals surface area contributed by atoms with E-state index in [1.165, 1.54) is 5.56 Å². The molecule has 2 aromatic rings. The lowest BCUT2D eigenvalue weighted by Crippen LogP contribution is -2.03. The Labute approximate surface area is 127 Å². The molecule has 0 heterocycles. The van der Waals surface area contributed by atoms with E-state index in [-0.39, 0.29) is 0 Å². The number of benzene rings is 2. The van der Waals surface area contributed by atoms with Gasteiger partial charge in [0.25, 0.3) is 0 Å². The van der Waals surface area contributed by atoms with Crippen molar-refractivity contribution < 1.29 is 9.47 Å². The maximum Gasteiger partial charge on any atom is 0.128 e. The number of hydrogen-bond donors (Lipinski definition) is 1. The number of rotatable bonds is 6. The summed E-state index contributed by atoms with van der Waals surface area (Å²) in [5, 5.41) is 0. The van der Waals surface area contributed by atoms with Gasteiger partial charge in [0.05, 0.1) is 6.61 Å². The minimum atomic E-state index is 0.580. The molecule has 106 valence electrons. The first-order chi connectivity index (χ1) is 9.72. The van der Waals surface area contributed by atoms with Crippen LogP contribution in [0.4, 0.5) is 0 Å². The zero-order chi connectivity index (χ0) is 14.4. The third kappa shape index (κ3) is 4.07. The maximum absolute atomic E-state index is 5.86. The van der Waals surface area contributed by atoms with Gasteiger partial charge in [-0.2, -0.15) is 0 Å². The lowest BCUT2D eigenvalue weighted by Gasteiger charge is -2.10. The quantitative estimate of drug-likeness (QED) is 0.870. The average Bonchev–Trinajstić information content (AvgIpc) is 2.43. The summed E-state index contributed by atoms with van der Waals surface area (Å²) in [5.41, 5.74) is 7.85. The molecule has 0 aliphatic heterocycles. The fourth-order valence-electron chi connectivity index (χ4n) is 1.95. The topological polar surface area (TPSA) is 44.5 Å². The molecule has 0 amide bonds. The molecule has 0 spiro atoms. The van der Waals surface area contributed by atoms with Crippen molar-refractivity contribution in [3.05, 3.63) is 58.1 Å². The van der Waals surface area contributed by atoms with Crippen LogP contribution in [0, 0.1) is 0 Å². The van der Waals surface area contributed by atoms with Gasteiger partial charge < -0.3 is 15.2 Å². The normalized spacial score (nSPS) is 10.6. The molecule has 0 fully saturated rings. The number of nitrogens with two attached hydrogens (primary N) is 1. The van der Waals surface area contributed by atoms with E-state index < -0.39 is 0 Å². The largest absolute Gasteiger partial charge is 0.457 e. The lowest BCUT2D eigenvalue weighted by molar-refractivity contribution is 0.184. The SMILES string of the molecule is COCc1cccc(Oc2ccc(CCN)c(Br)c2)c1. The zero-order valence-electron chi connectivity index (χ0n) is 11.4. The monoisotopic (exact) mass is 335 g/mol. The standard InChI is InChI=1S/C16H18BrNO2/c1-19-11-12-3-2-4-14(9-12)20-15-6-5-13(7-8-18)16(17)10-15/h2-6,9-10H,7-8,11,18H2,1H3. The molecular weight excluding hydrogens is 318 g/mol. The van der Waals surface area contributed by atoms with Gasteiger partial charge in [0.15, 0.2) is 0 Å². The Balaban J connectivity index is 2.13. The van der Waals surface area contributed by atoms with E-state index in [4.69, 9.17) is 15.2 Å². The Kier molecular flexibility index (Phi) is 5.59. The summed E-state index contributed by atoms with van der Waals surface area (Å²) in [4.78, 5) is 0. The number of hydrogen-bond acceptors (Lipinski definition) is 3. The first-order valence-electron chi connectivity index (χ1n) is 6.47. The van der Waals surface area contributed by atoms with Crippen LogP contribution in [0.15, 0.2) is 46.9 Å². The summed E-state index contributed by atoms with van der Waals surface area (Å²) < 4.78 is 12.0. The molecule has 0 saturated heterocycles. The minimum absolute atomic E-state index is 0.580. The van der Waals surface area contributed by atoms with Gasteiger partial charge in [0.2, 0.25) is 0 Å². The molecule has 2 N–H and O–H groups in total. The summed E-state index contributed by atoms with van der Waals surface area (Å²) >= 11 is 3.55. The summed E-state index contributed by atoms with van der Waals surface area (Å²) in [5.74, 6) is 1.60. The van der Waals surface area contributed by atoms with E-state index in [0.29, 0.717) is 13.2 Å². The molecule has 0 aliphatic carbocycles. The molecule has 3 nitrogen and oxygen atoms in total. The fourth-order valence-corrected chi connectivity index (χ4v) is 2.51. The highest BCUT2D eigenvalue weighted by Gasteiger charge is 2.03. The van der Waals surface area contributed by atoms with Crippen molar-refractivity contribution in [1.29, 1.82) is 0 Å². The van der Waals surface area contributed by atoms with Crippen LogP contribution in [-0.2, 0) is 17.8 Å². The summed E-state index contributed by atoms with van der Waals surface area (Å²) in [6.07, 6.45) is 0.851. The second-order valence-corrected chi connectivity index (χ2v) is 5.33. The molecule has 4 heteroatoms. The predicted octanol–water partition coefficient (Wildman–Crippen LogP) is 3.89. The van der Waals surface area contributed by atoms with E-state index in [1.807, 2.05) is 42.5 Å². The van der Waals surface area contributed by atoms with Crippen molar-refractivity contribution in [3.8, 4) is 11.5 Å². The Hall–Kier alpha value is -1.36.